The molecule has 1 N–H and O–H groups in total. The monoisotopic (exact) mass is 153 g/mol. The Bertz CT molecular complexity index is 165. The molecular formula is C5H6F3NO. The van der Waals surface area contributed by atoms with Gasteiger partial charge >= 0.3 is 6.18 Å². The van der Waals surface area contributed by atoms with E-state index in [1.54, 1.807) is 5.32 Å². The van der Waals surface area contributed by atoms with Crippen molar-refractivity contribution in [3.8, 4) is 0 Å². The SMILES string of the molecule is C[C@@H]1C(=O)N[C@H]1C(F)(F)F. The first kappa shape index (κ1) is 7.37. The molecule has 0 radical (unpaired) electrons. The molecule has 1 saturated heterocycles. The summed E-state index contributed by atoms with van der Waals surface area (Å²) in [5, 5.41) is 1.77. The molecule has 0 bridgehead atoms. The fraction of sp³-hybridized carbons (Fsp3) is 0.800. The number of rotatable bonds is 0. The first-order valence-electron chi connectivity index (χ1n) is 2.80. The third kappa shape index (κ3) is 0.955. The Morgan fingerprint density at radius 3 is 2.10 bits per heavy atom. The van der Waals surface area contributed by atoms with Crippen LogP contribution in [-0.2, 0) is 4.79 Å². The third-order valence-electron chi connectivity index (χ3n) is 1.56. The normalized spacial score (nSPS) is 33.0. The molecule has 2 atom stereocenters. The van der Waals surface area contributed by atoms with Crippen molar-refractivity contribution in [2.45, 2.75) is 19.1 Å². The van der Waals surface area contributed by atoms with Gasteiger partial charge in [0.2, 0.25) is 5.91 Å². The van der Waals surface area contributed by atoms with Crippen LogP contribution in [0.2, 0.25) is 0 Å². The van der Waals surface area contributed by atoms with Gasteiger partial charge in [-0.1, -0.05) is 6.92 Å². The second kappa shape index (κ2) is 1.87. The zero-order valence-corrected chi connectivity index (χ0v) is 5.20. The number of hydrogen-bond donors (Lipinski definition) is 1. The van der Waals surface area contributed by atoms with Crippen molar-refractivity contribution < 1.29 is 18.0 Å². The van der Waals surface area contributed by atoms with Gasteiger partial charge in [0.1, 0.15) is 6.04 Å². The molecule has 0 aromatic heterocycles. The van der Waals surface area contributed by atoms with Crippen molar-refractivity contribution in [2.75, 3.05) is 0 Å². The van der Waals surface area contributed by atoms with Crippen LogP contribution in [0.15, 0.2) is 0 Å². The van der Waals surface area contributed by atoms with E-state index in [-0.39, 0.29) is 0 Å². The molecule has 0 aliphatic carbocycles. The van der Waals surface area contributed by atoms with Gasteiger partial charge in [-0.3, -0.25) is 4.79 Å². The Labute approximate surface area is 55.4 Å². The van der Waals surface area contributed by atoms with E-state index in [0.717, 1.165) is 0 Å². The number of carbonyl (C=O) groups excluding carboxylic acids is 1. The van der Waals surface area contributed by atoms with Gasteiger partial charge in [0.15, 0.2) is 0 Å². The van der Waals surface area contributed by atoms with Crippen molar-refractivity contribution in [1.29, 1.82) is 0 Å². The van der Waals surface area contributed by atoms with E-state index < -0.39 is 24.0 Å². The van der Waals surface area contributed by atoms with Gasteiger partial charge in [0.25, 0.3) is 0 Å². The lowest BCUT2D eigenvalue weighted by atomic mass is 9.92. The van der Waals surface area contributed by atoms with Gasteiger partial charge in [-0.15, -0.1) is 0 Å². The minimum atomic E-state index is -4.28. The summed E-state index contributed by atoms with van der Waals surface area (Å²) in [6.45, 7) is 1.26. The lowest BCUT2D eigenvalue weighted by Crippen LogP contribution is -2.63. The van der Waals surface area contributed by atoms with E-state index in [2.05, 4.69) is 0 Å². The smallest absolute Gasteiger partial charge is 0.343 e. The van der Waals surface area contributed by atoms with Crippen LogP contribution in [0.5, 0.6) is 0 Å². The first-order valence-corrected chi connectivity index (χ1v) is 2.80. The van der Waals surface area contributed by atoms with Crippen molar-refractivity contribution in [3.63, 3.8) is 0 Å². The van der Waals surface area contributed by atoms with E-state index in [9.17, 15) is 18.0 Å². The highest BCUT2D eigenvalue weighted by molar-refractivity contribution is 5.85. The Hall–Kier alpha value is -0.740. The van der Waals surface area contributed by atoms with E-state index in [0.29, 0.717) is 0 Å². The van der Waals surface area contributed by atoms with Crippen LogP contribution in [-0.4, -0.2) is 18.1 Å². The summed E-state index contributed by atoms with van der Waals surface area (Å²) in [5.41, 5.74) is 0. The summed E-state index contributed by atoms with van der Waals surface area (Å²) in [7, 11) is 0. The minimum absolute atomic E-state index is 0.526. The number of alkyl halides is 3. The average Bonchev–Trinajstić information content (AvgIpc) is 1.79. The van der Waals surface area contributed by atoms with Crippen LogP contribution >= 0.6 is 0 Å². The second-order valence-corrected chi connectivity index (χ2v) is 2.32. The topological polar surface area (TPSA) is 29.1 Å². The summed E-state index contributed by atoms with van der Waals surface area (Å²) >= 11 is 0. The molecule has 1 amide bonds. The molecule has 0 unspecified atom stereocenters. The summed E-state index contributed by atoms with van der Waals surface area (Å²) in [4.78, 5) is 10.3. The van der Waals surface area contributed by atoms with Crippen LogP contribution in [0.3, 0.4) is 0 Å². The molecule has 0 aromatic rings. The fourth-order valence-electron chi connectivity index (χ4n) is 0.830. The van der Waals surface area contributed by atoms with E-state index >= 15 is 0 Å². The largest absolute Gasteiger partial charge is 0.409 e. The predicted molar refractivity (Wildman–Crippen MR) is 27.1 cm³/mol. The molecule has 1 rings (SSSR count). The quantitative estimate of drug-likeness (QED) is 0.509. The first-order chi connectivity index (χ1) is 4.43. The molecule has 58 valence electrons. The van der Waals surface area contributed by atoms with Gasteiger partial charge in [-0.25, -0.2) is 0 Å². The third-order valence-corrected chi connectivity index (χ3v) is 1.56. The second-order valence-electron chi connectivity index (χ2n) is 2.32. The number of nitrogens with one attached hydrogen (secondary N) is 1. The van der Waals surface area contributed by atoms with E-state index in [4.69, 9.17) is 0 Å². The lowest BCUT2D eigenvalue weighted by Gasteiger charge is -2.35. The van der Waals surface area contributed by atoms with Crippen LogP contribution < -0.4 is 5.32 Å². The molecule has 5 heteroatoms. The van der Waals surface area contributed by atoms with Crippen LogP contribution in [0, 0.1) is 5.92 Å². The molecule has 1 aliphatic heterocycles. The van der Waals surface area contributed by atoms with Crippen molar-refractivity contribution in [2.24, 2.45) is 5.92 Å². The zero-order valence-electron chi connectivity index (χ0n) is 5.20. The van der Waals surface area contributed by atoms with Gasteiger partial charge < -0.3 is 5.32 Å². The fourth-order valence-corrected chi connectivity index (χ4v) is 0.830. The van der Waals surface area contributed by atoms with Crippen molar-refractivity contribution >= 4 is 5.91 Å². The maximum atomic E-state index is 11.7. The van der Waals surface area contributed by atoms with Crippen molar-refractivity contribution in [1.82, 2.24) is 5.32 Å². The van der Waals surface area contributed by atoms with Crippen LogP contribution in [0.4, 0.5) is 13.2 Å². The molecule has 2 nitrogen and oxygen atoms in total. The summed E-state index contributed by atoms with van der Waals surface area (Å²) < 4.78 is 35.1. The highest BCUT2D eigenvalue weighted by Crippen LogP contribution is 2.30. The number of halogens is 3. The van der Waals surface area contributed by atoms with Gasteiger partial charge in [0.05, 0.1) is 5.92 Å². The van der Waals surface area contributed by atoms with Gasteiger partial charge in [0, 0.05) is 0 Å². The molecule has 0 saturated carbocycles. The van der Waals surface area contributed by atoms with Crippen molar-refractivity contribution in [3.05, 3.63) is 0 Å². The molecular weight excluding hydrogens is 147 g/mol. The van der Waals surface area contributed by atoms with Gasteiger partial charge in [-0.2, -0.15) is 13.2 Å². The van der Waals surface area contributed by atoms with Crippen LogP contribution in [0.1, 0.15) is 6.92 Å². The predicted octanol–water partition coefficient (Wildman–Crippen LogP) is 0.683. The Kier molecular flexibility index (Phi) is 1.38. The maximum absolute atomic E-state index is 11.7. The van der Waals surface area contributed by atoms with E-state index in [1.807, 2.05) is 0 Å². The number of carbonyl (C=O) groups is 1. The summed E-state index contributed by atoms with van der Waals surface area (Å²) in [6, 6.07) is -1.63. The molecule has 1 aliphatic rings. The molecule has 1 fully saturated rings. The van der Waals surface area contributed by atoms with Gasteiger partial charge in [-0.05, 0) is 0 Å². The molecule has 1 heterocycles. The standard InChI is InChI=1S/C5H6F3NO/c1-2-3(5(6,7)8)9-4(2)10/h2-3H,1H3,(H,9,10)/t2-,3+/m0/s1. The maximum Gasteiger partial charge on any atom is 0.409 e. The average molecular weight is 153 g/mol. The number of β-lactam (4-membered cyclic amide) rings is 1. The lowest BCUT2D eigenvalue weighted by molar-refractivity contribution is -0.192. The Morgan fingerprint density at radius 1 is 1.50 bits per heavy atom. The number of amides is 1. The van der Waals surface area contributed by atoms with E-state index in [1.165, 1.54) is 6.92 Å². The Balaban J connectivity index is 2.56. The zero-order chi connectivity index (χ0) is 7.94. The summed E-state index contributed by atoms with van der Waals surface area (Å²) in [5.74, 6) is -1.44. The Morgan fingerprint density at radius 2 is 2.00 bits per heavy atom. The van der Waals surface area contributed by atoms with Crippen LogP contribution in [0.25, 0.3) is 0 Å². The molecule has 0 aromatic carbocycles. The highest BCUT2D eigenvalue weighted by Gasteiger charge is 2.52. The highest BCUT2D eigenvalue weighted by atomic mass is 19.4. The minimum Gasteiger partial charge on any atom is -0.343 e. The molecule has 10 heavy (non-hydrogen) atoms. The molecule has 0 spiro atoms. The number of hydrogen-bond acceptors (Lipinski definition) is 1. The summed E-state index contributed by atoms with van der Waals surface area (Å²) in [6.07, 6.45) is -4.28.